The van der Waals surface area contributed by atoms with Crippen LogP contribution in [0.3, 0.4) is 0 Å². The number of anilines is 1. The van der Waals surface area contributed by atoms with Gasteiger partial charge in [-0.3, -0.25) is 9.48 Å². The molecule has 1 aromatic heterocycles. The number of aromatic nitrogens is 2. The average molecular weight is 280 g/mol. The third-order valence-electron chi connectivity index (χ3n) is 3.91. The van der Waals surface area contributed by atoms with E-state index in [9.17, 15) is 9.59 Å². The van der Waals surface area contributed by atoms with Gasteiger partial charge in [-0.15, -0.1) is 0 Å². The van der Waals surface area contributed by atoms with Gasteiger partial charge < -0.3 is 15.7 Å². The summed E-state index contributed by atoms with van der Waals surface area (Å²) >= 11 is 0. The first-order valence-electron chi connectivity index (χ1n) is 6.70. The Morgan fingerprint density at radius 3 is 2.75 bits per heavy atom. The molecule has 1 aromatic rings. The van der Waals surface area contributed by atoms with Crippen LogP contribution in [0.4, 0.5) is 10.5 Å². The molecular weight excluding hydrogens is 260 g/mol. The maximum absolute atomic E-state index is 11.8. The van der Waals surface area contributed by atoms with Crippen LogP contribution >= 0.6 is 0 Å². The van der Waals surface area contributed by atoms with Crippen LogP contribution in [-0.4, -0.2) is 33.4 Å². The maximum Gasteiger partial charge on any atom is 0.325 e. The van der Waals surface area contributed by atoms with Crippen molar-refractivity contribution in [1.29, 1.82) is 0 Å². The summed E-state index contributed by atoms with van der Waals surface area (Å²) in [5, 5.41) is 18.0. The van der Waals surface area contributed by atoms with E-state index >= 15 is 0 Å². The second-order valence-corrected chi connectivity index (χ2v) is 5.65. The first-order chi connectivity index (χ1) is 9.41. The number of aliphatic carboxylic acids is 1. The van der Waals surface area contributed by atoms with Crippen molar-refractivity contribution in [2.45, 2.75) is 33.2 Å². The third kappa shape index (κ3) is 3.49. The third-order valence-corrected chi connectivity index (χ3v) is 3.91. The fraction of sp³-hybridized carbons (Fsp3) is 0.615. The summed E-state index contributed by atoms with van der Waals surface area (Å²) in [5.74, 6) is -0.419. The molecule has 1 heterocycles. The number of carboxylic acid groups (broad SMARTS) is 1. The van der Waals surface area contributed by atoms with Crippen molar-refractivity contribution in [2.24, 2.45) is 11.3 Å². The van der Waals surface area contributed by atoms with Gasteiger partial charge in [-0.25, -0.2) is 4.79 Å². The van der Waals surface area contributed by atoms with E-state index in [1.807, 2.05) is 0 Å². The number of hydrogen-bond acceptors (Lipinski definition) is 3. The Labute approximate surface area is 117 Å². The van der Waals surface area contributed by atoms with Crippen molar-refractivity contribution < 1.29 is 14.7 Å². The van der Waals surface area contributed by atoms with E-state index in [-0.39, 0.29) is 18.0 Å². The van der Waals surface area contributed by atoms with Gasteiger partial charge >= 0.3 is 12.0 Å². The predicted molar refractivity (Wildman–Crippen MR) is 73.4 cm³/mol. The summed E-state index contributed by atoms with van der Waals surface area (Å²) < 4.78 is 1.26. The van der Waals surface area contributed by atoms with Gasteiger partial charge in [0.15, 0.2) is 0 Å². The van der Waals surface area contributed by atoms with Crippen LogP contribution in [0.1, 0.15) is 26.7 Å². The molecule has 7 heteroatoms. The molecule has 0 spiro atoms. The molecule has 1 saturated carbocycles. The minimum absolute atomic E-state index is 0.222. The smallest absolute Gasteiger partial charge is 0.325 e. The standard InChI is InChI=1S/C13H20N4O3/c1-9(2)13(3-4-13)8-14-12(20)16-10-5-15-17(6-10)7-11(18)19/h5-6,9H,3-4,7-8H2,1-2H3,(H,18,19)(H2,14,16,20). The number of carbonyl (C=O) groups is 2. The molecule has 3 N–H and O–H groups in total. The van der Waals surface area contributed by atoms with Crippen molar-refractivity contribution in [3.8, 4) is 0 Å². The molecule has 20 heavy (non-hydrogen) atoms. The monoisotopic (exact) mass is 280 g/mol. The summed E-state index contributed by atoms with van der Waals surface area (Å²) in [7, 11) is 0. The Balaban J connectivity index is 1.80. The molecule has 0 aromatic carbocycles. The maximum atomic E-state index is 11.8. The predicted octanol–water partition coefficient (Wildman–Crippen LogP) is 1.53. The van der Waals surface area contributed by atoms with Gasteiger partial charge in [0.25, 0.3) is 0 Å². The van der Waals surface area contributed by atoms with Crippen molar-refractivity contribution in [2.75, 3.05) is 11.9 Å². The molecule has 0 unspecified atom stereocenters. The van der Waals surface area contributed by atoms with Gasteiger partial charge in [0.2, 0.25) is 0 Å². The highest BCUT2D eigenvalue weighted by Gasteiger charge is 2.45. The van der Waals surface area contributed by atoms with Gasteiger partial charge in [0.05, 0.1) is 11.9 Å². The molecule has 2 amide bonds. The Hall–Kier alpha value is -2.05. The Morgan fingerprint density at radius 1 is 1.50 bits per heavy atom. The summed E-state index contributed by atoms with van der Waals surface area (Å²) in [5.41, 5.74) is 0.739. The van der Waals surface area contributed by atoms with Crippen molar-refractivity contribution in [3.63, 3.8) is 0 Å². The first-order valence-corrected chi connectivity index (χ1v) is 6.70. The van der Waals surface area contributed by atoms with Crippen LogP contribution in [-0.2, 0) is 11.3 Å². The minimum Gasteiger partial charge on any atom is -0.480 e. The van der Waals surface area contributed by atoms with Crippen LogP contribution in [0, 0.1) is 11.3 Å². The van der Waals surface area contributed by atoms with Crippen LogP contribution in [0.5, 0.6) is 0 Å². The number of nitrogens with one attached hydrogen (secondary N) is 2. The normalized spacial score (nSPS) is 15.9. The molecule has 0 radical (unpaired) electrons. The number of carboxylic acids is 1. The zero-order chi connectivity index (χ0) is 14.8. The summed E-state index contributed by atoms with van der Waals surface area (Å²) in [6, 6.07) is -0.285. The number of hydrogen-bond donors (Lipinski definition) is 3. The molecule has 7 nitrogen and oxygen atoms in total. The molecule has 1 aliphatic rings. The number of carbonyl (C=O) groups excluding carboxylic acids is 1. The largest absolute Gasteiger partial charge is 0.480 e. The quantitative estimate of drug-likeness (QED) is 0.736. The van der Waals surface area contributed by atoms with E-state index in [0.29, 0.717) is 18.2 Å². The zero-order valence-electron chi connectivity index (χ0n) is 11.7. The molecule has 2 rings (SSSR count). The average Bonchev–Trinajstić information content (AvgIpc) is 3.04. The summed E-state index contributed by atoms with van der Waals surface area (Å²) in [6.45, 7) is 4.78. The Bertz CT molecular complexity index is 505. The first kappa shape index (κ1) is 14.4. The lowest BCUT2D eigenvalue weighted by Crippen LogP contribution is -2.35. The van der Waals surface area contributed by atoms with Gasteiger partial charge in [0.1, 0.15) is 6.54 Å². The number of nitrogens with zero attached hydrogens (tertiary/aromatic N) is 2. The van der Waals surface area contributed by atoms with Crippen LogP contribution in [0.25, 0.3) is 0 Å². The Kier molecular flexibility index (Phi) is 3.96. The molecule has 0 atom stereocenters. The van der Waals surface area contributed by atoms with Crippen molar-refractivity contribution in [1.82, 2.24) is 15.1 Å². The molecule has 1 fully saturated rings. The van der Waals surface area contributed by atoms with Gasteiger partial charge in [-0.05, 0) is 24.2 Å². The van der Waals surface area contributed by atoms with E-state index < -0.39 is 5.97 Å². The number of urea groups is 1. The van der Waals surface area contributed by atoms with E-state index in [0.717, 1.165) is 12.8 Å². The molecule has 0 saturated heterocycles. The minimum atomic E-state index is -0.975. The second kappa shape index (κ2) is 5.52. The second-order valence-electron chi connectivity index (χ2n) is 5.65. The number of rotatable bonds is 6. The lowest BCUT2D eigenvalue weighted by molar-refractivity contribution is -0.137. The molecule has 0 bridgehead atoms. The number of amides is 2. The van der Waals surface area contributed by atoms with Crippen molar-refractivity contribution >= 4 is 17.7 Å². The highest BCUT2D eigenvalue weighted by atomic mass is 16.4. The van der Waals surface area contributed by atoms with E-state index in [4.69, 9.17) is 5.11 Å². The van der Waals surface area contributed by atoms with Crippen LogP contribution < -0.4 is 10.6 Å². The summed E-state index contributed by atoms with van der Waals surface area (Å²) in [4.78, 5) is 22.3. The lowest BCUT2D eigenvalue weighted by atomic mass is 9.92. The van der Waals surface area contributed by atoms with E-state index in [1.165, 1.54) is 17.1 Å². The topological polar surface area (TPSA) is 96.3 Å². The van der Waals surface area contributed by atoms with Gasteiger partial charge in [-0.1, -0.05) is 13.8 Å². The molecule has 110 valence electrons. The zero-order valence-corrected chi connectivity index (χ0v) is 11.7. The van der Waals surface area contributed by atoms with Gasteiger partial charge in [-0.2, -0.15) is 5.10 Å². The van der Waals surface area contributed by atoms with Crippen molar-refractivity contribution in [3.05, 3.63) is 12.4 Å². The fourth-order valence-electron chi connectivity index (χ4n) is 2.20. The van der Waals surface area contributed by atoms with Crippen LogP contribution in [0.15, 0.2) is 12.4 Å². The molecular formula is C13H20N4O3. The Morgan fingerprint density at radius 2 is 2.20 bits per heavy atom. The van der Waals surface area contributed by atoms with E-state index in [1.54, 1.807) is 0 Å². The molecule has 1 aliphatic carbocycles. The molecule has 0 aliphatic heterocycles. The van der Waals surface area contributed by atoms with Gasteiger partial charge in [0, 0.05) is 12.7 Å². The highest BCUT2D eigenvalue weighted by Crippen LogP contribution is 2.51. The highest BCUT2D eigenvalue weighted by molar-refractivity contribution is 5.88. The lowest BCUT2D eigenvalue weighted by Gasteiger charge is -2.19. The fourth-order valence-corrected chi connectivity index (χ4v) is 2.20. The SMILES string of the molecule is CC(C)C1(CNC(=O)Nc2cnn(CC(=O)O)c2)CC1. The van der Waals surface area contributed by atoms with E-state index in [2.05, 4.69) is 29.6 Å². The van der Waals surface area contributed by atoms with Crippen LogP contribution in [0.2, 0.25) is 0 Å². The summed E-state index contributed by atoms with van der Waals surface area (Å²) in [6.07, 6.45) is 5.23.